The van der Waals surface area contributed by atoms with E-state index < -0.39 is 0 Å². The molecule has 0 saturated heterocycles. The fraction of sp³-hybridized carbons (Fsp3) is 0.462. The van der Waals surface area contributed by atoms with Crippen molar-refractivity contribution in [2.24, 2.45) is 0 Å². The van der Waals surface area contributed by atoms with Crippen LogP contribution in [-0.4, -0.2) is 17.9 Å². The SMILES string of the molecule is CCC(CC#N)NCc1cc2c(cc1O)OCO2. The van der Waals surface area contributed by atoms with Crippen LogP contribution in [0, 0.1) is 11.3 Å². The van der Waals surface area contributed by atoms with Crippen LogP contribution in [0.15, 0.2) is 12.1 Å². The van der Waals surface area contributed by atoms with Gasteiger partial charge in [0.2, 0.25) is 6.79 Å². The first-order chi connectivity index (χ1) is 8.74. The number of benzene rings is 1. The monoisotopic (exact) mass is 248 g/mol. The molecule has 1 unspecified atom stereocenters. The molecule has 0 bridgehead atoms. The second-order valence-corrected chi connectivity index (χ2v) is 4.18. The molecule has 1 aliphatic rings. The first-order valence-electron chi connectivity index (χ1n) is 5.96. The number of nitriles is 1. The van der Waals surface area contributed by atoms with E-state index in [1.165, 1.54) is 0 Å². The second-order valence-electron chi connectivity index (χ2n) is 4.18. The Morgan fingerprint density at radius 3 is 2.83 bits per heavy atom. The topological polar surface area (TPSA) is 74.5 Å². The molecule has 1 heterocycles. The highest BCUT2D eigenvalue weighted by Gasteiger charge is 2.17. The fourth-order valence-electron chi connectivity index (χ4n) is 1.84. The van der Waals surface area contributed by atoms with Crippen molar-refractivity contribution >= 4 is 0 Å². The lowest BCUT2D eigenvalue weighted by molar-refractivity contribution is 0.174. The van der Waals surface area contributed by atoms with E-state index in [0.717, 1.165) is 12.0 Å². The summed E-state index contributed by atoms with van der Waals surface area (Å²) in [6, 6.07) is 5.61. The molecule has 0 aliphatic carbocycles. The van der Waals surface area contributed by atoms with Crippen molar-refractivity contribution in [3.8, 4) is 23.3 Å². The molecule has 1 aliphatic heterocycles. The Labute approximate surface area is 106 Å². The predicted octanol–water partition coefficient (Wildman–Crippen LogP) is 1.90. The van der Waals surface area contributed by atoms with Crippen molar-refractivity contribution in [2.45, 2.75) is 32.4 Å². The first-order valence-corrected chi connectivity index (χ1v) is 5.96. The van der Waals surface area contributed by atoms with Crippen LogP contribution < -0.4 is 14.8 Å². The summed E-state index contributed by atoms with van der Waals surface area (Å²) in [6.07, 6.45) is 1.33. The van der Waals surface area contributed by atoms with Crippen LogP contribution in [0.2, 0.25) is 0 Å². The van der Waals surface area contributed by atoms with E-state index in [9.17, 15) is 5.11 Å². The minimum atomic E-state index is 0.139. The van der Waals surface area contributed by atoms with E-state index in [0.29, 0.717) is 24.5 Å². The minimum absolute atomic E-state index is 0.139. The number of nitrogens with one attached hydrogen (secondary N) is 1. The molecule has 0 aromatic heterocycles. The van der Waals surface area contributed by atoms with Gasteiger partial charge in [0.25, 0.3) is 0 Å². The molecule has 1 aromatic carbocycles. The average Bonchev–Trinajstić information content (AvgIpc) is 2.81. The summed E-state index contributed by atoms with van der Waals surface area (Å²) >= 11 is 0. The smallest absolute Gasteiger partial charge is 0.231 e. The molecule has 18 heavy (non-hydrogen) atoms. The maximum Gasteiger partial charge on any atom is 0.231 e. The zero-order valence-electron chi connectivity index (χ0n) is 10.3. The van der Waals surface area contributed by atoms with Crippen LogP contribution in [0.5, 0.6) is 17.2 Å². The zero-order chi connectivity index (χ0) is 13.0. The standard InChI is InChI=1S/C13H16N2O3/c1-2-10(3-4-14)15-7-9-5-12-13(6-11(9)16)18-8-17-12/h5-6,10,15-16H,2-3,7-8H2,1H3. The Bertz CT molecular complexity index is 468. The van der Waals surface area contributed by atoms with Gasteiger partial charge in [-0.3, -0.25) is 0 Å². The number of fused-ring (bicyclic) bond motifs is 1. The van der Waals surface area contributed by atoms with E-state index >= 15 is 0 Å². The van der Waals surface area contributed by atoms with E-state index in [1.54, 1.807) is 12.1 Å². The molecule has 2 N–H and O–H groups in total. The lowest BCUT2D eigenvalue weighted by atomic mass is 10.1. The maximum atomic E-state index is 9.85. The second kappa shape index (κ2) is 5.61. The molecule has 1 aromatic rings. The van der Waals surface area contributed by atoms with Crippen molar-refractivity contribution in [2.75, 3.05) is 6.79 Å². The summed E-state index contributed by atoms with van der Waals surface area (Å²) in [7, 11) is 0. The summed E-state index contributed by atoms with van der Waals surface area (Å²) in [5.41, 5.74) is 0.746. The van der Waals surface area contributed by atoms with Crippen LogP contribution >= 0.6 is 0 Å². The van der Waals surface area contributed by atoms with E-state index in [1.807, 2.05) is 6.92 Å². The van der Waals surface area contributed by atoms with E-state index in [-0.39, 0.29) is 18.6 Å². The summed E-state index contributed by atoms with van der Waals surface area (Å²) in [5.74, 6) is 1.40. The first kappa shape index (κ1) is 12.5. The van der Waals surface area contributed by atoms with E-state index in [4.69, 9.17) is 14.7 Å². The van der Waals surface area contributed by atoms with Gasteiger partial charge in [-0.2, -0.15) is 5.26 Å². The normalized spacial score (nSPS) is 14.2. The predicted molar refractivity (Wildman–Crippen MR) is 65.4 cm³/mol. The van der Waals surface area contributed by atoms with Crippen molar-refractivity contribution in [1.82, 2.24) is 5.32 Å². The lowest BCUT2D eigenvalue weighted by Crippen LogP contribution is -2.27. The molecule has 96 valence electrons. The molecule has 0 spiro atoms. The van der Waals surface area contributed by atoms with Crippen molar-refractivity contribution in [3.05, 3.63) is 17.7 Å². The van der Waals surface area contributed by atoms with Crippen molar-refractivity contribution in [3.63, 3.8) is 0 Å². The van der Waals surface area contributed by atoms with Crippen molar-refractivity contribution < 1.29 is 14.6 Å². The number of ether oxygens (including phenoxy) is 2. The average molecular weight is 248 g/mol. The van der Waals surface area contributed by atoms with E-state index in [2.05, 4.69) is 11.4 Å². The Hall–Kier alpha value is -1.93. The van der Waals surface area contributed by atoms with Gasteiger partial charge >= 0.3 is 0 Å². The lowest BCUT2D eigenvalue weighted by Gasteiger charge is -2.14. The zero-order valence-corrected chi connectivity index (χ0v) is 10.3. The number of hydrogen-bond acceptors (Lipinski definition) is 5. The number of phenols is 1. The number of phenolic OH excluding ortho intramolecular Hbond substituents is 1. The molecule has 0 fully saturated rings. The fourth-order valence-corrected chi connectivity index (χ4v) is 1.84. The summed E-state index contributed by atoms with van der Waals surface area (Å²) in [6.45, 7) is 2.72. The third-order valence-corrected chi connectivity index (χ3v) is 2.99. The third kappa shape index (κ3) is 2.66. The molecule has 0 radical (unpaired) electrons. The third-order valence-electron chi connectivity index (χ3n) is 2.99. The van der Waals surface area contributed by atoms with Gasteiger partial charge < -0.3 is 19.9 Å². The molecular formula is C13H16N2O3. The summed E-state index contributed by atoms with van der Waals surface area (Å²) in [5, 5.41) is 21.8. The summed E-state index contributed by atoms with van der Waals surface area (Å²) < 4.78 is 10.4. The number of nitrogens with zero attached hydrogens (tertiary/aromatic N) is 1. The van der Waals surface area contributed by atoms with Gasteiger partial charge in [0.1, 0.15) is 5.75 Å². The number of hydrogen-bond donors (Lipinski definition) is 2. The highest BCUT2D eigenvalue weighted by molar-refractivity contribution is 5.51. The van der Waals surface area contributed by atoms with Crippen molar-refractivity contribution in [1.29, 1.82) is 5.26 Å². The Balaban J connectivity index is 2.03. The van der Waals surface area contributed by atoms with Gasteiger partial charge in [0.05, 0.1) is 12.5 Å². The largest absolute Gasteiger partial charge is 0.507 e. The molecule has 0 amide bonds. The molecule has 2 rings (SSSR count). The van der Waals surface area contributed by atoms with Gasteiger partial charge in [-0.05, 0) is 12.5 Å². The Kier molecular flexibility index (Phi) is 3.90. The van der Waals surface area contributed by atoms with Gasteiger partial charge in [0.15, 0.2) is 11.5 Å². The van der Waals surface area contributed by atoms with Crippen LogP contribution in [0.25, 0.3) is 0 Å². The van der Waals surface area contributed by atoms with Gasteiger partial charge in [-0.15, -0.1) is 0 Å². The molecule has 5 heteroatoms. The number of rotatable bonds is 5. The molecular weight excluding hydrogens is 232 g/mol. The minimum Gasteiger partial charge on any atom is -0.507 e. The number of aromatic hydroxyl groups is 1. The summed E-state index contributed by atoms with van der Waals surface area (Å²) in [4.78, 5) is 0. The van der Waals surface area contributed by atoms with Crippen LogP contribution in [0.1, 0.15) is 25.3 Å². The molecule has 5 nitrogen and oxygen atoms in total. The Morgan fingerprint density at radius 2 is 2.17 bits per heavy atom. The maximum absolute atomic E-state index is 9.85. The van der Waals surface area contributed by atoms with Gasteiger partial charge in [-0.25, -0.2) is 0 Å². The van der Waals surface area contributed by atoms with Crippen LogP contribution in [0.4, 0.5) is 0 Å². The van der Waals surface area contributed by atoms with Crippen LogP contribution in [-0.2, 0) is 6.54 Å². The highest BCUT2D eigenvalue weighted by Crippen LogP contribution is 2.37. The van der Waals surface area contributed by atoms with Crippen LogP contribution in [0.3, 0.4) is 0 Å². The highest BCUT2D eigenvalue weighted by atomic mass is 16.7. The Morgan fingerprint density at radius 1 is 1.44 bits per heavy atom. The van der Waals surface area contributed by atoms with Gasteiger partial charge in [-0.1, -0.05) is 6.92 Å². The quantitative estimate of drug-likeness (QED) is 0.832. The van der Waals surface area contributed by atoms with Gasteiger partial charge in [0, 0.05) is 24.2 Å². The molecule has 1 atom stereocenters. The molecule has 0 saturated carbocycles.